The second-order valence-corrected chi connectivity index (χ2v) is 7.66. The Morgan fingerprint density at radius 2 is 2.00 bits per heavy atom. The highest BCUT2D eigenvalue weighted by molar-refractivity contribution is 7.11. The molecule has 1 aromatic carbocycles. The molecule has 0 aliphatic carbocycles. The van der Waals surface area contributed by atoms with Gasteiger partial charge in [-0.05, 0) is 30.0 Å². The van der Waals surface area contributed by atoms with Crippen LogP contribution in [0, 0.1) is 0 Å². The maximum Gasteiger partial charge on any atom is 0.257 e. The second-order valence-electron chi connectivity index (χ2n) is 6.68. The molecule has 8 heteroatoms. The van der Waals surface area contributed by atoms with Gasteiger partial charge in [0, 0.05) is 11.4 Å². The Morgan fingerprint density at radius 1 is 1.21 bits per heavy atom. The second kappa shape index (κ2) is 8.40. The van der Waals surface area contributed by atoms with Crippen LogP contribution in [0.15, 0.2) is 46.9 Å². The summed E-state index contributed by atoms with van der Waals surface area (Å²) in [6, 6.07) is 11.4. The largest absolute Gasteiger partial charge is 0.383 e. The lowest BCUT2D eigenvalue weighted by Crippen LogP contribution is -2.25. The summed E-state index contributed by atoms with van der Waals surface area (Å²) >= 11 is 1.57. The molecule has 1 amide bonds. The first-order chi connectivity index (χ1) is 14.2. The van der Waals surface area contributed by atoms with Crippen molar-refractivity contribution in [3.8, 4) is 0 Å². The van der Waals surface area contributed by atoms with E-state index in [1.54, 1.807) is 17.6 Å². The Balaban J connectivity index is 1.81. The maximum absolute atomic E-state index is 12.9. The van der Waals surface area contributed by atoms with Crippen molar-refractivity contribution in [2.45, 2.75) is 26.2 Å². The Bertz CT molecular complexity index is 1180. The summed E-state index contributed by atoms with van der Waals surface area (Å²) in [4.78, 5) is 23.2. The number of nitrogen functional groups attached to an aromatic ring is 1. The van der Waals surface area contributed by atoms with Crippen molar-refractivity contribution in [1.82, 2.24) is 20.0 Å². The summed E-state index contributed by atoms with van der Waals surface area (Å²) < 4.78 is 1.50. The first-order valence-electron chi connectivity index (χ1n) is 9.61. The van der Waals surface area contributed by atoms with Crippen LogP contribution in [0.1, 0.15) is 41.4 Å². The van der Waals surface area contributed by atoms with Gasteiger partial charge >= 0.3 is 0 Å². The average molecular weight is 407 g/mol. The van der Waals surface area contributed by atoms with E-state index in [1.165, 1.54) is 4.68 Å². The number of carbonyl (C=O) groups is 1. The lowest BCUT2D eigenvalue weighted by molar-refractivity contribution is 0.0955. The van der Waals surface area contributed by atoms with E-state index in [1.807, 2.05) is 41.8 Å². The van der Waals surface area contributed by atoms with E-state index in [4.69, 9.17) is 5.73 Å². The number of nitrogens with zero attached hydrogens (tertiary/aromatic N) is 4. The molecule has 0 aliphatic heterocycles. The zero-order chi connectivity index (χ0) is 20.2. The monoisotopic (exact) mass is 406 g/mol. The molecule has 0 atom stereocenters. The predicted molar refractivity (Wildman–Crippen MR) is 119 cm³/mol. The number of thiophene rings is 1. The van der Waals surface area contributed by atoms with Crippen LogP contribution in [0.5, 0.6) is 0 Å². The Morgan fingerprint density at radius 3 is 2.72 bits per heavy atom. The summed E-state index contributed by atoms with van der Waals surface area (Å²) in [6.07, 6.45) is 4.78. The van der Waals surface area contributed by atoms with Gasteiger partial charge in [-0.3, -0.25) is 4.79 Å². The van der Waals surface area contributed by atoms with E-state index < -0.39 is 0 Å². The van der Waals surface area contributed by atoms with Gasteiger partial charge in [0.1, 0.15) is 16.9 Å². The Hall–Kier alpha value is -3.26. The molecule has 0 bridgehead atoms. The third-order valence-electron chi connectivity index (χ3n) is 4.61. The number of para-hydroxylation sites is 2. The number of nitrogens with one attached hydrogen (secondary N) is 1. The number of hydrogen-bond donors (Lipinski definition) is 2. The molecule has 4 rings (SSSR count). The summed E-state index contributed by atoms with van der Waals surface area (Å²) in [5, 5.41) is 9.41. The molecule has 0 unspecified atom stereocenters. The zero-order valence-corrected chi connectivity index (χ0v) is 16.9. The van der Waals surface area contributed by atoms with Gasteiger partial charge in [-0.1, -0.05) is 38.0 Å². The molecular formula is C21H22N6OS. The van der Waals surface area contributed by atoms with Crippen molar-refractivity contribution in [1.29, 1.82) is 0 Å². The molecule has 0 radical (unpaired) electrons. The van der Waals surface area contributed by atoms with Crippen molar-refractivity contribution in [3.05, 3.63) is 52.2 Å². The smallest absolute Gasteiger partial charge is 0.257 e. The fourth-order valence-electron chi connectivity index (χ4n) is 3.13. The molecule has 0 aliphatic rings. The number of aromatic nitrogens is 3. The van der Waals surface area contributed by atoms with Crippen LogP contribution >= 0.6 is 11.3 Å². The van der Waals surface area contributed by atoms with E-state index in [-0.39, 0.29) is 11.7 Å². The fourth-order valence-corrected chi connectivity index (χ4v) is 3.71. The minimum absolute atomic E-state index is 0.233. The summed E-state index contributed by atoms with van der Waals surface area (Å²) in [6.45, 7) is 2.72. The number of fused-ring (bicyclic) bond motifs is 2. The number of rotatable bonds is 7. The Labute approximate surface area is 172 Å². The van der Waals surface area contributed by atoms with Crippen LogP contribution < -0.4 is 11.1 Å². The topological polar surface area (TPSA) is 98.2 Å². The molecule has 0 fully saturated rings. The lowest BCUT2D eigenvalue weighted by Gasteiger charge is -2.04. The van der Waals surface area contributed by atoms with Crippen LogP contribution in [0.4, 0.5) is 5.82 Å². The van der Waals surface area contributed by atoms with Crippen molar-refractivity contribution in [2.24, 2.45) is 5.10 Å². The summed E-state index contributed by atoms with van der Waals surface area (Å²) in [7, 11) is 0. The highest BCUT2D eigenvalue weighted by atomic mass is 32.1. The molecule has 3 heterocycles. The number of hydrogen-bond acceptors (Lipinski definition) is 6. The fraction of sp³-hybridized carbons (Fsp3) is 0.238. The van der Waals surface area contributed by atoms with Crippen LogP contribution in [0.25, 0.3) is 22.2 Å². The zero-order valence-electron chi connectivity index (χ0n) is 16.1. The van der Waals surface area contributed by atoms with Gasteiger partial charge in [0.25, 0.3) is 5.91 Å². The molecule has 148 valence electrons. The van der Waals surface area contributed by atoms with Gasteiger partial charge in [-0.15, -0.1) is 11.3 Å². The number of anilines is 1. The molecule has 4 aromatic rings. The third kappa shape index (κ3) is 3.84. The quantitative estimate of drug-likeness (QED) is 0.358. The maximum atomic E-state index is 12.9. The van der Waals surface area contributed by atoms with E-state index in [0.717, 1.165) is 29.7 Å². The number of unbranched alkanes of at least 4 members (excludes halogenated alkanes) is 2. The minimum atomic E-state index is -0.252. The van der Waals surface area contributed by atoms with E-state index in [2.05, 4.69) is 27.3 Å². The predicted octanol–water partition coefficient (Wildman–Crippen LogP) is 4.03. The molecule has 3 aromatic heterocycles. The van der Waals surface area contributed by atoms with Gasteiger partial charge in [-0.2, -0.15) is 9.78 Å². The van der Waals surface area contributed by atoms with E-state index in [9.17, 15) is 4.79 Å². The molecule has 29 heavy (non-hydrogen) atoms. The number of benzene rings is 1. The summed E-state index contributed by atoms with van der Waals surface area (Å²) in [5.74, 6) is -0.0191. The highest BCUT2D eigenvalue weighted by Crippen LogP contribution is 2.27. The van der Waals surface area contributed by atoms with Crippen LogP contribution in [0.3, 0.4) is 0 Å². The first-order valence-corrected chi connectivity index (χ1v) is 10.5. The van der Waals surface area contributed by atoms with Crippen molar-refractivity contribution < 1.29 is 4.79 Å². The van der Waals surface area contributed by atoms with Crippen LogP contribution in [0.2, 0.25) is 0 Å². The lowest BCUT2D eigenvalue weighted by atomic mass is 10.2. The van der Waals surface area contributed by atoms with Gasteiger partial charge in [0.05, 0.1) is 17.2 Å². The first kappa shape index (κ1) is 19.1. The summed E-state index contributed by atoms with van der Waals surface area (Å²) in [5.41, 5.74) is 9.03. The van der Waals surface area contributed by atoms with E-state index >= 15 is 0 Å². The average Bonchev–Trinajstić information content (AvgIpc) is 3.33. The van der Waals surface area contributed by atoms with Gasteiger partial charge in [-0.25, -0.2) is 9.97 Å². The van der Waals surface area contributed by atoms with Crippen molar-refractivity contribution in [3.63, 3.8) is 0 Å². The highest BCUT2D eigenvalue weighted by Gasteiger charge is 2.23. The van der Waals surface area contributed by atoms with Crippen LogP contribution in [-0.2, 0) is 0 Å². The van der Waals surface area contributed by atoms with Crippen molar-refractivity contribution >= 4 is 51.5 Å². The number of nitrogens with two attached hydrogens (primary N) is 1. The molecular weight excluding hydrogens is 384 g/mol. The van der Waals surface area contributed by atoms with Gasteiger partial charge in [0.2, 0.25) is 0 Å². The SMILES string of the molecule is CCCCCNC(=O)c1c(N)n(N=Cc2cccs2)c2nc3ccccc3nc12. The van der Waals surface area contributed by atoms with Crippen molar-refractivity contribution in [2.75, 3.05) is 12.3 Å². The van der Waals surface area contributed by atoms with E-state index in [0.29, 0.717) is 28.8 Å². The third-order valence-corrected chi connectivity index (χ3v) is 5.42. The Kier molecular flexibility index (Phi) is 5.53. The normalized spacial score (nSPS) is 11.6. The number of amides is 1. The minimum Gasteiger partial charge on any atom is -0.383 e. The molecule has 0 saturated heterocycles. The number of carbonyl (C=O) groups excluding carboxylic acids is 1. The molecule has 0 saturated carbocycles. The molecule has 7 nitrogen and oxygen atoms in total. The van der Waals surface area contributed by atoms with Gasteiger partial charge < -0.3 is 11.1 Å². The standard InChI is InChI=1S/C21H22N6OS/c1-2-3-6-11-23-21(28)17-18-20(26-16-10-5-4-9-15(16)25-18)27(19(17)22)24-13-14-8-7-12-29-14/h4-5,7-10,12-13H,2-3,6,11,22H2,1H3,(H,23,28). The molecule has 0 spiro atoms. The molecule has 3 N–H and O–H groups in total. The van der Waals surface area contributed by atoms with Gasteiger partial charge in [0.15, 0.2) is 5.65 Å². The van der Waals surface area contributed by atoms with Crippen LogP contribution in [-0.4, -0.2) is 33.3 Å².